The number of hydrogen-bond acceptors (Lipinski definition) is 5. The molecule has 4 rings (SSSR count). The van der Waals surface area contributed by atoms with Crippen molar-refractivity contribution in [1.29, 1.82) is 0 Å². The fraction of sp³-hybridized carbons (Fsp3) is 0.645. The Kier molecular flexibility index (Phi) is 11.8. The Labute approximate surface area is 229 Å². The maximum absolute atomic E-state index is 12.7. The van der Waals surface area contributed by atoms with Gasteiger partial charge in [0.25, 0.3) is 5.91 Å². The van der Waals surface area contributed by atoms with Crippen molar-refractivity contribution >= 4 is 17.5 Å². The molecule has 7 nitrogen and oxygen atoms in total. The molecule has 1 saturated carbocycles. The van der Waals surface area contributed by atoms with E-state index in [1.807, 2.05) is 4.90 Å². The lowest BCUT2D eigenvalue weighted by Crippen LogP contribution is -2.42. The normalized spacial score (nSPS) is 21.9. The highest BCUT2D eigenvalue weighted by molar-refractivity contribution is 6.09. The van der Waals surface area contributed by atoms with E-state index in [0.717, 1.165) is 62.4 Å². The minimum Gasteiger partial charge on any atom is -0.394 e. The van der Waals surface area contributed by atoms with Gasteiger partial charge >= 0.3 is 0 Å². The molecule has 38 heavy (non-hydrogen) atoms. The van der Waals surface area contributed by atoms with Gasteiger partial charge in [-0.1, -0.05) is 45.0 Å². The first-order valence-electron chi connectivity index (χ1n) is 14.7. The summed E-state index contributed by atoms with van der Waals surface area (Å²) in [5.74, 6) is 0.656. The van der Waals surface area contributed by atoms with Crippen LogP contribution in [0.2, 0.25) is 0 Å². The smallest absolute Gasteiger partial charge is 0.270 e. The molecule has 7 heteroatoms. The number of carbonyl (C=O) groups excluding carboxylic acids is 2. The zero-order valence-electron chi connectivity index (χ0n) is 23.8. The van der Waals surface area contributed by atoms with Gasteiger partial charge < -0.3 is 20.6 Å². The van der Waals surface area contributed by atoms with E-state index in [2.05, 4.69) is 50.0 Å². The number of aliphatic hydroxyl groups excluding tert-OH is 1. The summed E-state index contributed by atoms with van der Waals surface area (Å²) in [4.78, 5) is 33.2. The molecule has 1 heterocycles. The molecule has 1 unspecified atom stereocenters. The third-order valence-corrected chi connectivity index (χ3v) is 7.91. The van der Waals surface area contributed by atoms with Crippen molar-refractivity contribution in [2.75, 3.05) is 32.7 Å². The van der Waals surface area contributed by atoms with Crippen molar-refractivity contribution in [1.82, 2.24) is 9.80 Å². The van der Waals surface area contributed by atoms with Crippen molar-refractivity contribution in [2.45, 2.75) is 97.0 Å². The van der Waals surface area contributed by atoms with E-state index in [4.69, 9.17) is 5.73 Å². The predicted octanol–water partition coefficient (Wildman–Crippen LogP) is 4.58. The van der Waals surface area contributed by atoms with Crippen molar-refractivity contribution in [3.63, 3.8) is 0 Å². The number of piperidine rings is 1. The Morgan fingerprint density at radius 2 is 1.71 bits per heavy atom. The number of fused-ring (bicyclic) bond motifs is 1. The van der Waals surface area contributed by atoms with E-state index in [1.54, 1.807) is 16.0 Å². The number of aryl methyl sites for hydroxylation is 1. The number of hydrogen-bond donors (Lipinski definition) is 2. The molecule has 2 aliphatic carbocycles. The number of carbonyl (C=O) groups is 2. The molecule has 1 saturated heterocycles. The van der Waals surface area contributed by atoms with E-state index in [-0.39, 0.29) is 30.2 Å². The van der Waals surface area contributed by atoms with Crippen molar-refractivity contribution in [2.24, 2.45) is 10.7 Å². The first-order valence-corrected chi connectivity index (χ1v) is 14.7. The van der Waals surface area contributed by atoms with Crippen LogP contribution in [0.25, 0.3) is 0 Å². The third-order valence-electron chi connectivity index (χ3n) is 7.91. The minimum atomic E-state index is -0.327. The number of benzene rings is 1. The van der Waals surface area contributed by atoms with Crippen LogP contribution in [0.1, 0.15) is 95.6 Å². The van der Waals surface area contributed by atoms with Gasteiger partial charge in [0.1, 0.15) is 12.2 Å². The van der Waals surface area contributed by atoms with Crippen LogP contribution < -0.4 is 5.73 Å². The van der Waals surface area contributed by atoms with Gasteiger partial charge in [0.15, 0.2) is 0 Å². The lowest BCUT2D eigenvalue weighted by molar-refractivity contribution is -0.130. The summed E-state index contributed by atoms with van der Waals surface area (Å²) >= 11 is 0. The van der Waals surface area contributed by atoms with Gasteiger partial charge in [-0.3, -0.25) is 14.6 Å². The zero-order valence-corrected chi connectivity index (χ0v) is 23.8. The van der Waals surface area contributed by atoms with Gasteiger partial charge in [-0.15, -0.1) is 0 Å². The van der Waals surface area contributed by atoms with E-state index < -0.39 is 0 Å². The monoisotopic (exact) mass is 524 g/mol. The Bertz CT molecular complexity index is 989. The van der Waals surface area contributed by atoms with Gasteiger partial charge in [-0.25, -0.2) is 0 Å². The molecule has 2 fully saturated rings. The number of allylic oxidation sites excluding steroid dienone is 1. The molecule has 1 aromatic rings. The van der Waals surface area contributed by atoms with Crippen molar-refractivity contribution in [3.8, 4) is 0 Å². The zero-order chi connectivity index (χ0) is 27.5. The maximum Gasteiger partial charge on any atom is 0.270 e. The van der Waals surface area contributed by atoms with Crippen LogP contribution in [0.3, 0.4) is 0 Å². The van der Waals surface area contributed by atoms with Crippen LogP contribution in [0, 0.1) is 0 Å². The fourth-order valence-corrected chi connectivity index (χ4v) is 5.72. The number of nitrogens with zero attached hydrogens (tertiary/aromatic N) is 3. The molecule has 0 aromatic heterocycles. The fourth-order valence-electron chi connectivity index (χ4n) is 5.72. The molecule has 1 aromatic carbocycles. The number of nitrogens with two attached hydrogens (primary N) is 1. The van der Waals surface area contributed by atoms with E-state index >= 15 is 0 Å². The molecule has 3 aliphatic rings. The molecular formula is C31H48N4O3. The summed E-state index contributed by atoms with van der Waals surface area (Å²) in [5.41, 5.74) is 11.2. The molecule has 0 bridgehead atoms. The summed E-state index contributed by atoms with van der Waals surface area (Å²) in [5, 5.41) is 9.61. The summed E-state index contributed by atoms with van der Waals surface area (Å²) in [6.07, 6.45) is 9.15. The average molecular weight is 525 g/mol. The number of amides is 2. The quantitative estimate of drug-likeness (QED) is 0.510. The molecule has 0 radical (unpaired) electrons. The standard InChI is InChI=1S/C20H34N4O3.C11H14/c1-3-10-23(11-4-2)18(26)14-22-17-7-5-6-16(17)19(21)20(27)24-12-8-15(25)9-13-24;1-9-5-4-7-10-6-2-3-8-11(9)10/h15,25H,3-14,21H2,1-2H3;2-3,6,8-9H,4-5,7H2,1H3/b19-16-,22-17?;. The topological polar surface area (TPSA) is 99.2 Å². The summed E-state index contributed by atoms with van der Waals surface area (Å²) in [6.45, 7) is 9.14. The van der Waals surface area contributed by atoms with Crippen LogP contribution in [0.5, 0.6) is 0 Å². The predicted molar refractivity (Wildman–Crippen MR) is 154 cm³/mol. The van der Waals surface area contributed by atoms with Gasteiger partial charge in [0, 0.05) is 37.5 Å². The average Bonchev–Trinajstić information content (AvgIpc) is 3.40. The number of likely N-dealkylation sites (tertiary alicyclic amines) is 1. The first-order chi connectivity index (χ1) is 18.3. The van der Waals surface area contributed by atoms with Gasteiger partial charge in [-0.2, -0.15) is 0 Å². The second kappa shape index (κ2) is 15.1. The SMILES string of the molecule is CC1CCCc2ccccc21.CCCN(CCC)C(=O)CN=C1CCC/C1=C(/N)C(=O)N1CCC(O)CC1. The molecule has 1 aliphatic heterocycles. The third kappa shape index (κ3) is 8.16. The molecule has 2 amide bonds. The highest BCUT2D eigenvalue weighted by Crippen LogP contribution is 2.30. The molecule has 0 spiro atoms. The maximum atomic E-state index is 12.7. The highest BCUT2D eigenvalue weighted by atomic mass is 16.3. The largest absolute Gasteiger partial charge is 0.394 e. The Balaban J connectivity index is 0.000000299. The van der Waals surface area contributed by atoms with Crippen LogP contribution in [-0.4, -0.2) is 71.3 Å². The Morgan fingerprint density at radius 1 is 1.03 bits per heavy atom. The van der Waals surface area contributed by atoms with Gasteiger partial charge in [0.2, 0.25) is 5.91 Å². The second-order valence-electron chi connectivity index (χ2n) is 10.9. The van der Waals surface area contributed by atoms with E-state index in [0.29, 0.717) is 25.9 Å². The van der Waals surface area contributed by atoms with E-state index in [1.165, 1.54) is 19.3 Å². The minimum absolute atomic E-state index is 0.0346. The lowest BCUT2D eigenvalue weighted by Gasteiger charge is -2.30. The van der Waals surface area contributed by atoms with Crippen LogP contribution in [-0.2, 0) is 16.0 Å². The number of aliphatic hydroxyl groups is 1. The highest BCUT2D eigenvalue weighted by Gasteiger charge is 2.27. The van der Waals surface area contributed by atoms with Crippen LogP contribution in [0.4, 0.5) is 0 Å². The lowest BCUT2D eigenvalue weighted by atomic mass is 9.84. The van der Waals surface area contributed by atoms with Gasteiger partial charge in [-0.05, 0) is 81.3 Å². The van der Waals surface area contributed by atoms with Crippen molar-refractivity contribution in [3.05, 3.63) is 46.7 Å². The Morgan fingerprint density at radius 3 is 2.37 bits per heavy atom. The summed E-state index contributed by atoms with van der Waals surface area (Å²) in [6, 6.07) is 8.85. The van der Waals surface area contributed by atoms with Crippen LogP contribution >= 0.6 is 0 Å². The van der Waals surface area contributed by atoms with Gasteiger partial charge in [0.05, 0.1) is 6.10 Å². The molecular weight excluding hydrogens is 476 g/mol. The van der Waals surface area contributed by atoms with Crippen molar-refractivity contribution < 1.29 is 14.7 Å². The molecule has 3 N–H and O–H groups in total. The first kappa shape index (κ1) is 29.9. The second-order valence-corrected chi connectivity index (χ2v) is 10.9. The van der Waals surface area contributed by atoms with E-state index in [9.17, 15) is 14.7 Å². The summed E-state index contributed by atoms with van der Waals surface area (Å²) in [7, 11) is 0. The van der Waals surface area contributed by atoms with Crippen LogP contribution in [0.15, 0.2) is 40.5 Å². The number of rotatable bonds is 7. The number of aliphatic imine (C=N–C) groups is 1. The Hall–Kier alpha value is -2.67. The summed E-state index contributed by atoms with van der Waals surface area (Å²) < 4.78 is 0. The molecule has 1 atom stereocenters. The molecule has 210 valence electrons.